The molecule has 0 fully saturated rings. The average Bonchev–Trinajstić information content (AvgIpc) is 2.49. The van der Waals surface area contributed by atoms with Crippen LogP contribution >= 0.6 is 11.3 Å². The van der Waals surface area contributed by atoms with Crippen molar-refractivity contribution in [3.05, 3.63) is 28.9 Å². The Morgan fingerprint density at radius 1 is 1.50 bits per heavy atom. The van der Waals surface area contributed by atoms with Crippen LogP contribution in [0.1, 0.15) is 5.56 Å². The Labute approximate surface area is 84.4 Å². The molecule has 1 aromatic carbocycles. The van der Waals surface area contributed by atoms with E-state index in [1.165, 1.54) is 23.5 Å². The lowest BCUT2D eigenvalue weighted by atomic mass is 10.1. The third-order valence-corrected chi connectivity index (χ3v) is 3.10. The van der Waals surface area contributed by atoms with Crippen molar-refractivity contribution in [3.8, 4) is 6.07 Å². The minimum Gasteiger partial charge on any atom is -0.398 e. The number of nitriles is 1. The van der Waals surface area contributed by atoms with E-state index in [2.05, 4.69) is 0 Å². The third-order valence-electron chi connectivity index (χ3n) is 2.01. The monoisotopic (exact) mass is 206 g/mol. The second kappa shape index (κ2) is 3.28. The molecule has 0 aliphatic rings. The molecule has 2 nitrogen and oxygen atoms in total. The van der Waals surface area contributed by atoms with E-state index in [9.17, 15) is 4.39 Å². The Morgan fingerprint density at radius 2 is 2.29 bits per heavy atom. The highest BCUT2D eigenvalue weighted by Crippen LogP contribution is 2.31. The number of hydrogen-bond acceptors (Lipinski definition) is 3. The van der Waals surface area contributed by atoms with Crippen LogP contribution in [0.4, 0.5) is 10.1 Å². The molecule has 14 heavy (non-hydrogen) atoms. The van der Waals surface area contributed by atoms with Crippen LogP contribution in [-0.4, -0.2) is 0 Å². The maximum absolute atomic E-state index is 13.1. The lowest BCUT2D eigenvalue weighted by molar-refractivity contribution is 0.628. The van der Waals surface area contributed by atoms with Crippen molar-refractivity contribution in [2.24, 2.45) is 0 Å². The average molecular weight is 206 g/mol. The van der Waals surface area contributed by atoms with Crippen molar-refractivity contribution in [2.75, 3.05) is 5.73 Å². The van der Waals surface area contributed by atoms with Gasteiger partial charge in [0.15, 0.2) is 0 Å². The van der Waals surface area contributed by atoms with Gasteiger partial charge in [-0.05, 0) is 17.7 Å². The first-order chi connectivity index (χ1) is 6.72. The van der Waals surface area contributed by atoms with Crippen LogP contribution in [0.3, 0.4) is 0 Å². The maximum atomic E-state index is 13.1. The number of rotatable bonds is 1. The molecule has 0 saturated carbocycles. The van der Waals surface area contributed by atoms with Crippen LogP contribution in [0.25, 0.3) is 10.1 Å². The number of hydrogen-bond donors (Lipinski definition) is 1. The summed E-state index contributed by atoms with van der Waals surface area (Å²) < 4.78 is 14.0. The molecule has 0 aliphatic carbocycles. The van der Waals surface area contributed by atoms with Gasteiger partial charge in [0.1, 0.15) is 5.82 Å². The predicted molar refractivity (Wildman–Crippen MR) is 55.5 cm³/mol. The molecule has 0 spiro atoms. The van der Waals surface area contributed by atoms with Gasteiger partial charge in [0.05, 0.1) is 18.2 Å². The van der Waals surface area contributed by atoms with Crippen molar-refractivity contribution in [1.82, 2.24) is 0 Å². The van der Waals surface area contributed by atoms with Gasteiger partial charge in [-0.3, -0.25) is 0 Å². The van der Waals surface area contributed by atoms with Gasteiger partial charge in [-0.1, -0.05) is 0 Å². The van der Waals surface area contributed by atoms with Gasteiger partial charge < -0.3 is 5.73 Å². The van der Waals surface area contributed by atoms with E-state index in [1.54, 1.807) is 5.38 Å². The summed E-state index contributed by atoms with van der Waals surface area (Å²) in [5.74, 6) is -0.340. The van der Waals surface area contributed by atoms with Crippen LogP contribution in [0.5, 0.6) is 0 Å². The van der Waals surface area contributed by atoms with Gasteiger partial charge in [0.25, 0.3) is 0 Å². The molecular weight excluding hydrogens is 199 g/mol. The highest BCUT2D eigenvalue weighted by atomic mass is 32.1. The minimum atomic E-state index is -0.340. The van der Waals surface area contributed by atoms with Gasteiger partial charge in [0, 0.05) is 15.5 Å². The maximum Gasteiger partial charge on any atom is 0.124 e. The molecule has 70 valence electrons. The standard InChI is InChI=1S/C10H7FN2S/c11-7-3-6(1-2-12)10-8(4-7)9(13)5-14-10/h3-5H,1,13H2. The molecule has 0 bridgehead atoms. The van der Waals surface area contributed by atoms with Gasteiger partial charge >= 0.3 is 0 Å². The summed E-state index contributed by atoms with van der Waals surface area (Å²) in [4.78, 5) is 0. The third kappa shape index (κ3) is 1.32. The van der Waals surface area contributed by atoms with E-state index < -0.39 is 0 Å². The number of nitrogens with zero attached hydrogens (tertiary/aromatic N) is 1. The van der Waals surface area contributed by atoms with Crippen molar-refractivity contribution >= 4 is 27.1 Å². The molecule has 4 heteroatoms. The quantitative estimate of drug-likeness (QED) is 0.779. The molecule has 0 atom stereocenters. The molecule has 0 unspecified atom stereocenters. The Kier molecular flexibility index (Phi) is 2.10. The van der Waals surface area contributed by atoms with Crippen LogP contribution in [0.15, 0.2) is 17.5 Å². The van der Waals surface area contributed by atoms with Gasteiger partial charge in [-0.15, -0.1) is 11.3 Å². The number of nitrogen functional groups attached to an aromatic ring is 1. The fourth-order valence-corrected chi connectivity index (χ4v) is 2.36. The largest absolute Gasteiger partial charge is 0.398 e. The van der Waals surface area contributed by atoms with Gasteiger partial charge in [0.2, 0.25) is 0 Å². The Bertz CT molecular complexity index is 525. The smallest absolute Gasteiger partial charge is 0.124 e. The van der Waals surface area contributed by atoms with Crippen LogP contribution in [0, 0.1) is 17.1 Å². The fourth-order valence-electron chi connectivity index (χ4n) is 1.41. The summed E-state index contributed by atoms with van der Waals surface area (Å²) in [6, 6.07) is 4.81. The number of anilines is 1. The van der Waals surface area contributed by atoms with E-state index >= 15 is 0 Å². The van der Waals surface area contributed by atoms with Crippen LogP contribution < -0.4 is 5.73 Å². The molecule has 2 rings (SSSR count). The lowest BCUT2D eigenvalue weighted by Gasteiger charge is -1.98. The number of benzene rings is 1. The van der Waals surface area contributed by atoms with Gasteiger partial charge in [-0.25, -0.2) is 4.39 Å². The van der Waals surface area contributed by atoms with E-state index in [1.807, 2.05) is 6.07 Å². The number of thiophene rings is 1. The molecule has 0 aliphatic heterocycles. The summed E-state index contributed by atoms with van der Waals surface area (Å²) in [6.07, 6.45) is 0.216. The van der Waals surface area contributed by atoms with Gasteiger partial charge in [-0.2, -0.15) is 5.26 Å². The molecule has 2 N–H and O–H groups in total. The molecule has 2 aromatic rings. The summed E-state index contributed by atoms with van der Waals surface area (Å²) >= 11 is 1.45. The first-order valence-electron chi connectivity index (χ1n) is 4.04. The first kappa shape index (κ1) is 8.97. The van der Waals surface area contributed by atoms with E-state index in [-0.39, 0.29) is 12.2 Å². The van der Waals surface area contributed by atoms with Crippen molar-refractivity contribution in [2.45, 2.75) is 6.42 Å². The molecule has 1 aromatic heterocycles. The summed E-state index contributed by atoms with van der Waals surface area (Å²) in [5.41, 5.74) is 6.96. The molecule has 0 amide bonds. The number of halogens is 1. The Hall–Kier alpha value is -1.60. The highest BCUT2D eigenvalue weighted by molar-refractivity contribution is 7.18. The Balaban J connectivity index is 2.76. The first-order valence-corrected chi connectivity index (χ1v) is 4.92. The van der Waals surface area contributed by atoms with Crippen molar-refractivity contribution in [1.29, 1.82) is 5.26 Å². The van der Waals surface area contributed by atoms with E-state index in [4.69, 9.17) is 11.0 Å². The second-order valence-electron chi connectivity index (χ2n) is 2.97. The molecule has 0 saturated heterocycles. The topological polar surface area (TPSA) is 49.8 Å². The zero-order chi connectivity index (χ0) is 10.1. The fraction of sp³-hybridized carbons (Fsp3) is 0.100. The number of nitrogens with two attached hydrogens (primary N) is 1. The van der Waals surface area contributed by atoms with Crippen LogP contribution in [-0.2, 0) is 6.42 Å². The van der Waals surface area contributed by atoms with E-state index in [0.29, 0.717) is 16.6 Å². The normalized spacial score (nSPS) is 10.3. The summed E-state index contributed by atoms with van der Waals surface area (Å²) in [7, 11) is 0. The second-order valence-corrected chi connectivity index (χ2v) is 3.85. The number of fused-ring (bicyclic) bond motifs is 1. The zero-order valence-electron chi connectivity index (χ0n) is 7.25. The predicted octanol–water partition coefficient (Wildman–Crippen LogP) is 2.69. The zero-order valence-corrected chi connectivity index (χ0v) is 8.07. The molecule has 0 radical (unpaired) electrons. The van der Waals surface area contributed by atoms with Crippen LogP contribution in [0.2, 0.25) is 0 Å². The highest BCUT2D eigenvalue weighted by Gasteiger charge is 2.08. The minimum absolute atomic E-state index is 0.216. The summed E-state index contributed by atoms with van der Waals surface area (Å²) in [6.45, 7) is 0. The van der Waals surface area contributed by atoms with E-state index in [0.717, 1.165) is 4.70 Å². The van der Waals surface area contributed by atoms with Crippen molar-refractivity contribution in [3.63, 3.8) is 0 Å². The SMILES string of the molecule is N#CCc1cc(F)cc2c(N)csc12. The molecular formula is C10H7FN2S. The molecule has 1 heterocycles. The van der Waals surface area contributed by atoms with Crippen molar-refractivity contribution < 1.29 is 4.39 Å². The summed E-state index contributed by atoms with van der Waals surface area (Å²) in [5, 5.41) is 11.1. The Morgan fingerprint density at radius 3 is 3.00 bits per heavy atom. The lowest BCUT2D eigenvalue weighted by Crippen LogP contribution is -1.87.